The van der Waals surface area contributed by atoms with E-state index >= 15 is 0 Å². The SMILES string of the molecule is O=C=CC(=O)c1ncc[nH]1. The molecule has 0 saturated heterocycles. The minimum atomic E-state index is -0.458. The first-order valence-corrected chi connectivity index (χ1v) is 2.59. The molecule has 1 aromatic heterocycles. The third-order valence-corrected chi connectivity index (χ3v) is 0.922. The summed E-state index contributed by atoms with van der Waals surface area (Å²) >= 11 is 0. The van der Waals surface area contributed by atoms with Crippen LogP contribution in [0.1, 0.15) is 10.6 Å². The summed E-state index contributed by atoms with van der Waals surface area (Å²) in [5, 5.41) is 0. The molecule has 10 heavy (non-hydrogen) atoms. The molecule has 4 nitrogen and oxygen atoms in total. The molecular formula is C6H4N2O2. The van der Waals surface area contributed by atoms with E-state index in [1.807, 2.05) is 0 Å². The Hall–Kier alpha value is -1.67. The quantitative estimate of drug-likeness (QED) is 0.353. The molecule has 0 radical (unpaired) electrons. The summed E-state index contributed by atoms with van der Waals surface area (Å²) < 4.78 is 0. The maximum absolute atomic E-state index is 10.7. The minimum Gasteiger partial charge on any atom is -0.342 e. The van der Waals surface area contributed by atoms with Crippen LogP contribution in [0.2, 0.25) is 0 Å². The monoisotopic (exact) mass is 136 g/mol. The summed E-state index contributed by atoms with van der Waals surface area (Å²) in [6.45, 7) is 0. The molecule has 0 aliphatic carbocycles. The van der Waals surface area contributed by atoms with Crippen molar-refractivity contribution >= 4 is 11.7 Å². The Morgan fingerprint density at radius 3 is 3.10 bits per heavy atom. The van der Waals surface area contributed by atoms with Gasteiger partial charge in [-0.05, 0) is 0 Å². The average Bonchev–Trinajstić information content (AvgIpc) is 2.38. The van der Waals surface area contributed by atoms with Gasteiger partial charge in [0.1, 0.15) is 5.94 Å². The van der Waals surface area contributed by atoms with E-state index in [1.54, 1.807) is 0 Å². The average molecular weight is 136 g/mol. The number of aromatic amines is 1. The number of H-pyrrole nitrogens is 1. The van der Waals surface area contributed by atoms with Gasteiger partial charge in [-0.25, -0.2) is 9.78 Å². The van der Waals surface area contributed by atoms with Crippen molar-refractivity contribution in [2.45, 2.75) is 0 Å². The van der Waals surface area contributed by atoms with Crippen LogP contribution >= 0.6 is 0 Å². The maximum Gasteiger partial charge on any atom is 0.231 e. The van der Waals surface area contributed by atoms with Crippen molar-refractivity contribution in [3.8, 4) is 0 Å². The van der Waals surface area contributed by atoms with E-state index in [0.717, 1.165) is 6.08 Å². The van der Waals surface area contributed by atoms with Gasteiger partial charge in [-0.1, -0.05) is 0 Å². The third-order valence-electron chi connectivity index (χ3n) is 0.922. The predicted octanol–water partition coefficient (Wildman–Crippen LogP) is -0.0198. The Morgan fingerprint density at radius 1 is 1.80 bits per heavy atom. The van der Waals surface area contributed by atoms with Crippen molar-refractivity contribution in [2.24, 2.45) is 0 Å². The molecule has 0 fully saturated rings. The molecular weight excluding hydrogens is 132 g/mol. The van der Waals surface area contributed by atoms with Gasteiger partial charge in [-0.15, -0.1) is 0 Å². The van der Waals surface area contributed by atoms with Crippen LogP contribution in [-0.4, -0.2) is 21.7 Å². The number of imidazole rings is 1. The van der Waals surface area contributed by atoms with Gasteiger partial charge in [0, 0.05) is 12.4 Å². The van der Waals surface area contributed by atoms with Gasteiger partial charge in [-0.2, -0.15) is 0 Å². The molecule has 0 unspecified atom stereocenters. The number of nitrogens with one attached hydrogen (secondary N) is 1. The molecule has 0 aliphatic heterocycles. The topological polar surface area (TPSA) is 62.8 Å². The number of carbonyl (C=O) groups excluding carboxylic acids is 2. The fraction of sp³-hybridized carbons (Fsp3) is 0. The maximum atomic E-state index is 10.7. The van der Waals surface area contributed by atoms with Crippen LogP contribution in [0.3, 0.4) is 0 Å². The second-order valence-electron chi connectivity index (χ2n) is 1.56. The van der Waals surface area contributed by atoms with Crippen LogP contribution in [0.4, 0.5) is 0 Å². The molecule has 0 atom stereocenters. The first-order chi connectivity index (χ1) is 4.84. The first kappa shape index (κ1) is 6.45. The van der Waals surface area contributed by atoms with Crippen molar-refractivity contribution in [2.75, 3.05) is 0 Å². The zero-order valence-corrected chi connectivity index (χ0v) is 5.00. The van der Waals surface area contributed by atoms with E-state index in [-0.39, 0.29) is 5.82 Å². The predicted molar refractivity (Wildman–Crippen MR) is 33.2 cm³/mol. The number of carbonyl (C=O) groups is 1. The molecule has 1 rings (SSSR count). The van der Waals surface area contributed by atoms with Gasteiger partial charge in [0.2, 0.25) is 5.78 Å². The highest BCUT2D eigenvalue weighted by molar-refractivity contribution is 6.05. The van der Waals surface area contributed by atoms with E-state index in [2.05, 4.69) is 9.97 Å². The second-order valence-corrected chi connectivity index (χ2v) is 1.56. The lowest BCUT2D eigenvalue weighted by molar-refractivity contribution is 0.103. The molecule has 1 heterocycles. The molecule has 0 bridgehead atoms. The van der Waals surface area contributed by atoms with Crippen molar-refractivity contribution in [3.05, 3.63) is 24.3 Å². The summed E-state index contributed by atoms with van der Waals surface area (Å²) in [5.41, 5.74) is 0. The first-order valence-electron chi connectivity index (χ1n) is 2.59. The molecule has 1 aromatic rings. The zero-order valence-electron chi connectivity index (χ0n) is 5.00. The normalized spacial score (nSPS) is 8.40. The van der Waals surface area contributed by atoms with Crippen LogP contribution in [-0.2, 0) is 4.79 Å². The van der Waals surface area contributed by atoms with E-state index in [4.69, 9.17) is 0 Å². The standard InChI is InChI=1S/C6H4N2O2/c9-4-1-5(10)6-7-2-3-8-6/h1-3H,(H,7,8). The number of ketones is 1. The summed E-state index contributed by atoms with van der Waals surface area (Å²) in [6.07, 6.45) is 3.73. The van der Waals surface area contributed by atoms with Crippen LogP contribution in [0.5, 0.6) is 0 Å². The van der Waals surface area contributed by atoms with E-state index in [0.29, 0.717) is 0 Å². The lowest BCUT2D eigenvalue weighted by Crippen LogP contribution is -1.96. The Labute approximate surface area is 56.6 Å². The molecule has 0 aliphatic rings. The number of allylic oxidation sites excluding steroid dienone is 1. The van der Waals surface area contributed by atoms with E-state index < -0.39 is 5.78 Å². The molecule has 1 N–H and O–H groups in total. The smallest absolute Gasteiger partial charge is 0.231 e. The molecule has 0 amide bonds. The summed E-state index contributed by atoms with van der Waals surface area (Å²) in [6, 6.07) is 0. The summed E-state index contributed by atoms with van der Waals surface area (Å²) in [7, 11) is 0. The van der Waals surface area contributed by atoms with Gasteiger partial charge in [0.25, 0.3) is 0 Å². The highest BCUT2D eigenvalue weighted by Gasteiger charge is 2.01. The van der Waals surface area contributed by atoms with Crippen LogP contribution in [0.15, 0.2) is 18.5 Å². The Kier molecular flexibility index (Phi) is 1.78. The van der Waals surface area contributed by atoms with Crippen molar-refractivity contribution in [1.82, 2.24) is 9.97 Å². The third kappa shape index (κ3) is 1.18. The molecule has 0 spiro atoms. The van der Waals surface area contributed by atoms with Crippen molar-refractivity contribution < 1.29 is 9.59 Å². The Balaban J connectivity index is 2.87. The van der Waals surface area contributed by atoms with Gasteiger partial charge in [0.15, 0.2) is 5.82 Å². The molecule has 0 aromatic carbocycles. The van der Waals surface area contributed by atoms with E-state index in [9.17, 15) is 9.59 Å². The number of aromatic nitrogens is 2. The number of hydrogen-bond donors (Lipinski definition) is 1. The largest absolute Gasteiger partial charge is 0.342 e. The van der Waals surface area contributed by atoms with Gasteiger partial charge < -0.3 is 4.98 Å². The highest BCUT2D eigenvalue weighted by Crippen LogP contribution is 1.89. The molecule has 4 heteroatoms. The second kappa shape index (κ2) is 2.75. The lowest BCUT2D eigenvalue weighted by Gasteiger charge is -1.81. The van der Waals surface area contributed by atoms with Crippen LogP contribution in [0.25, 0.3) is 0 Å². The fourth-order valence-corrected chi connectivity index (χ4v) is 0.522. The lowest BCUT2D eigenvalue weighted by atomic mass is 10.4. The summed E-state index contributed by atoms with van der Waals surface area (Å²) in [5.74, 6) is 1.07. The fourth-order valence-electron chi connectivity index (χ4n) is 0.522. The van der Waals surface area contributed by atoms with Gasteiger partial charge in [0.05, 0.1) is 6.08 Å². The van der Waals surface area contributed by atoms with Crippen molar-refractivity contribution in [3.63, 3.8) is 0 Å². The summed E-state index contributed by atoms with van der Waals surface area (Å²) in [4.78, 5) is 26.5. The number of hydrogen-bond acceptors (Lipinski definition) is 3. The molecule has 0 saturated carbocycles. The Morgan fingerprint density at radius 2 is 2.60 bits per heavy atom. The molecule has 50 valence electrons. The number of rotatable bonds is 2. The minimum absolute atomic E-state index is 0.156. The van der Waals surface area contributed by atoms with Gasteiger partial charge >= 0.3 is 0 Å². The van der Waals surface area contributed by atoms with Crippen LogP contribution in [0, 0.1) is 0 Å². The van der Waals surface area contributed by atoms with Crippen molar-refractivity contribution in [1.29, 1.82) is 0 Å². The van der Waals surface area contributed by atoms with Crippen LogP contribution < -0.4 is 0 Å². The van der Waals surface area contributed by atoms with E-state index in [1.165, 1.54) is 18.3 Å². The van der Waals surface area contributed by atoms with Gasteiger partial charge in [-0.3, -0.25) is 4.79 Å². The number of nitrogens with zero attached hydrogens (tertiary/aromatic N) is 1. The highest BCUT2D eigenvalue weighted by atomic mass is 16.1. The zero-order chi connectivity index (χ0) is 7.40. The Bertz CT molecular complexity index is 270.